The smallest absolute Gasteiger partial charge is 0.0277 e. The van der Waals surface area contributed by atoms with Crippen molar-refractivity contribution in [2.45, 2.75) is 54.9 Å². The van der Waals surface area contributed by atoms with E-state index in [2.05, 4.69) is 25.7 Å². The maximum atomic E-state index is 3.87. The Bertz CT molecular complexity index is 159. The first kappa shape index (κ1) is 18.9. The molecule has 0 spiro atoms. The maximum Gasteiger partial charge on any atom is -0.0277 e. The minimum absolute atomic E-state index is 1.08. The number of allylic oxidation sites excluding steroid dienone is 5. The zero-order valence-corrected chi connectivity index (χ0v) is 11.1. The van der Waals surface area contributed by atoms with Crippen LogP contribution >= 0.6 is 0 Å². The molecule has 0 aliphatic rings. The molecule has 0 saturated carbocycles. The van der Waals surface area contributed by atoms with E-state index in [4.69, 9.17) is 0 Å². The first-order valence-electron chi connectivity index (χ1n) is 5.71. The van der Waals surface area contributed by atoms with Crippen LogP contribution in [0.2, 0.25) is 0 Å². The monoisotopic (exact) mass is 196 g/mol. The normalized spacial score (nSPS) is 9.79. The molecule has 0 aliphatic heterocycles. The summed E-state index contributed by atoms with van der Waals surface area (Å²) in [7, 11) is 0. The molecule has 0 N–H and O–H groups in total. The summed E-state index contributed by atoms with van der Waals surface area (Å²) in [5.41, 5.74) is 2.39. The average molecular weight is 196 g/mol. The lowest BCUT2D eigenvalue weighted by molar-refractivity contribution is 1.20. The SMILES string of the molecule is C=C(C)C(/C=C\C)=C/CC.CC.CC. The summed E-state index contributed by atoms with van der Waals surface area (Å²) in [4.78, 5) is 0. The van der Waals surface area contributed by atoms with Crippen molar-refractivity contribution in [1.82, 2.24) is 0 Å². The van der Waals surface area contributed by atoms with Crippen LogP contribution in [0.5, 0.6) is 0 Å². The van der Waals surface area contributed by atoms with Crippen LogP contribution in [-0.2, 0) is 0 Å². The van der Waals surface area contributed by atoms with E-state index in [0.717, 1.165) is 12.0 Å². The summed E-state index contributed by atoms with van der Waals surface area (Å²) < 4.78 is 0. The number of rotatable bonds is 3. The summed E-state index contributed by atoms with van der Waals surface area (Å²) in [6, 6.07) is 0. The van der Waals surface area contributed by atoms with Gasteiger partial charge in [-0.15, -0.1) is 0 Å². The van der Waals surface area contributed by atoms with E-state index in [1.807, 2.05) is 47.6 Å². The molecule has 0 aromatic rings. The Morgan fingerprint density at radius 2 is 1.57 bits per heavy atom. The fourth-order valence-electron chi connectivity index (χ4n) is 0.784. The van der Waals surface area contributed by atoms with Gasteiger partial charge in [0.25, 0.3) is 0 Å². The second-order valence-corrected chi connectivity index (χ2v) is 2.35. The van der Waals surface area contributed by atoms with Crippen LogP contribution in [0.3, 0.4) is 0 Å². The fourth-order valence-corrected chi connectivity index (χ4v) is 0.784. The van der Waals surface area contributed by atoms with Crippen LogP contribution in [-0.4, -0.2) is 0 Å². The minimum atomic E-state index is 1.08. The lowest BCUT2D eigenvalue weighted by Crippen LogP contribution is -1.77. The molecule has 0 aliphatic carbocycles. The van der Waals surface area contributed by atoms with Crippen molar-refractivity contribution >= 4 is 0 Å². The summed E-state index contributed by atoms with van der Waals surface area (Å²) in [5.74, 6) is 0. The van der Waals surface area contributed by atoms with Crippen molar-refractivity contribution in [2.75, 3.05) is 0 Å². The molecular formula is C14H28. The molecule has 0 heteroatoms. The highest BCUT2D eigenvalue weighted by atomic mass is 13.9. The molecule has 0 aromatic carbocycles. The van der Waals surface area contributed by atoms with E-state index in [9.17, 15) is 0 Å². The minimum Gasteiger partial charge on any atom is -0.0955 e. The van der Waals surface area contributed by atoms with Crippen LogP contribution in [0, 0.1) is 0 Å². The van der Waals surface area contributed by atoms with Crippen molar-refractivity contribution < 1.29 is 0 Å². The van der Waals surface area contributed by atoms with Crippen molar-refractivity contribution in [3.05, 3.63) is 36.0 Å². The quantitative estimate of drug-likeness (QED) is 0.521. The molecule has 0 fully saturated rings. The van der Waals surface area contributed by atoms with E-state index in [-0.39, 0.29) is 0 Å². The Morgan fingerprint density at radius 3 is 1.79 bits per heavy atom. The van der Waals surface area contributed by atoms with Gasteiger partial charge in [-0.25, -0.2) is 0 Å². The Kier molecular flexibility index (Phi) is 24.4. The second-order valence-electron chi connectivity index (χ2n) is 2.35. The molecule has 0 saturated heterocycles. The zero-order valence-electron chi connectivity index (χ0n) is 11.1. The molecule has 84 valence electrons. The van der Waals surface area contributed by atoms with Crippen molar-refractivity contribution in [2.24, 2.45) is 0 Å². The summed E-state index contributed by atoms with van der Waals surface area (Å²) in [6.07, 6.45) is 7.39. The molecule has 0 amide bonds. The first-order chi connectivity index (χ1) is 6.72. The van der Waals surface area contributed by atoms with Gasteiger partial charge in [0.05, 0.1) is 0 Å². The van der Waals surface area contributed by atoms with Gasteiger partial charge >= 0.3 is 0 Å². The van der Waals surface area contributed by atoms with Crippen molar-refractivity contribution in [1.29, 1.82) is 0 Å². The molecule has 14 heavy (non-hydrogen) atoms. The lowest BCUT2D eigenvalue weighted by Gasteiger charge is -1.97. The topological polar surface area (TPSA) is 0 Å². The van der Waals surface area contributed by atoms with E-state index < -0.39 is 0 Å². The summed E-state index contributed by atoms with van der Waals surface area (Å²) in [5, 5.41) is 0. The van der Waals surface area contributed by atoms with Gasteiger partial charge in [-0.2, -0.15) is 0 Å². The van der Waals surface area contributed by atoms with Gasteiger partial charge in [0, 0.05) is 0 Å². The predicted octanol–water partition coefficient (Wildman–Crippen LogP) is 5.53. The highest BCUT2D eigenvalue weighted by Crippen LogP contribution is 2.08. The Labute approximate surface area is 91.4 Å². The van der Waals surface area contributed by atoms with Gasteiger partial charge in [0.2, 0.25) is 0 Å². The molecule has 0 rings (SSSR count). The molecule has 0 radical (unpaired) electrons. The molecule has 0 unspecified atom stereocenters. The summed E-state index contributed by atoms with van der Waals surface area (Å²) >= 11 is 0. The third kappa shape index (κ3) is 13.8. The van der Waals surface area contributed by atoms with Crippen LogP contribution in [0.4, 0.5) is 0 Å². The van der Waals surface area contributed by atoms with Gasteiger partial charge in [0.15, 0.2) is 0 Å². The van der Waals surface area contributed by atoms with Crippen molar-refractivity contribution in [3.8, 4) is 0 Å². The largest absolute Gasteiger partial charge is 0.0955 e. The Hall–Kier alpha value is -0.780. The lowest BCUT2D eigenvalue weighted by atomic mass is 10.1. The Balaban J connectivity index is -0.000000266. The van der Waals surface area contributed by atoms with Crippen molar-refractivity contribution in [3.63, 3.8) is 0 Å². The molecule has 0 aromatic heterocycles. The highest BCUT2D eigenvalue weighted by molar-refractivity contribution is 5.35. The molecule has 0 atom stereocenters. The Morgan fingerprint density at radius 1 is 1.14 bits per heavy atom. The van der Waals surface area contributed by atoms with Gasteiger partial charge in [-0.1, -0.05) is 65.0 Å². The fraction of sp³-hybridized carbons (Fsp3) is 0.571. The van der Waals surface area contributed by atoms with Crippen LogP contribution < -0.4 is 0 Å². The van der Waals surface area contributed by atoms with Gasteiger partial charge < -0.3 is 0 Å². The first-order valence-corrected chi connectivity index (χ1v) is 5.71. The van der Waals surface area contributed by atoms with E-state index in [0.29, 0.717) is 0 Å². The standard InChI is InChI=1S/C10H16.2C2H6/c1-5-7-10(8-6-2)9(3)4;2*1-2/h5,7-8H,3,6H2,1-2,4H3;2*1-2H3/b7-5-,10-8+;;. The molecule has 0 heterocycles. The van der Waals surface area contributed by atoms with E-state index in [1.54, 1.807) is 0 Å². The molecule has 0 bridgehead atoms. The second kappa shape index (κ2) is 18.1. The third-order valence-corrected chi connectivity index (χ3v) is 1.26. The zero-order chi connectivity index (χ0) is 12.0. The van der Waals surface area contributed by atoms with Gasteiger partial charge in [-0.3, -0.25) is 0 Å². The third-order valence-electron chi connectivity index (χ3n) is 1.26. The average Bonchev–Trinajstić information content (AvgIpc) is 2.23. The van der Waals surface area contributed by atoms with E-state index in [1.165, 1.54) is 5.57 Å². The molecule has 0 nitrogen and oxygen atoms in total. The number of hydrogen-bond donors (Lipinski definition) is 0. The number of hydrogen-bond acceptors (Lipinski definition) is 0. The highest BCUT2D eigenvalue weighted by Gasteiger charge is 1.88. The molecular weight excluding hydrogens is 168 g/mol. The van der Waals surface area contributed by atoms with Crippen LogP contribution in [0.1, 0.15) is 54.9 Å². The van der Waals surface area contributed by atoms with Gasteiger partial charge in [-0.05, 0) is 25.8 Å². The van der Waals surface area contributed by atoms with E-state index >= 15 is 0 Å². The van der Waals surface area contributed by atoms with Crippen LogP contribution in [0.25, 0.3) is 0 Å². The maximum absolute atomic E-state index is 3.87. The van der Waals surface area contributed by atoms with Crippen LogP contribution in [0.15, 0.2) is 36.0 Å². The summed E-state index contributed by atoms with van der Waals surface area (Å²) in [6.45, 7) is 18.1. The predicted molar refractivity (Wildman–Crippen MR) is 70.7 cm³/mol. The van der Waals surface area contributed by atoms with Gasteiger partial charge in [0.1, 0.15) is 0 Å².